The molecule has 8 heteroatoms. The maximum Gasteiger partial charge on any atom is 0.337 e. The summed E-state index contributed by atoms with van der Waals surface area (Å²) in [4.78, 5) is 30.7. The van der Waals surface area contributed by atoms with Crippen LogP contribution < -0.4 is 9.47 Å². The molecule has 0 aliphatic carbocycles. The average molecular weight is 436 g/mol. The molecule has 0 aromatic heterocycles. The number of rotatable bonds is 6. The van der Waals surface area contributed by atoms with Crippen molar-refractivity contribution in [2.24, 2.45) is 4.99 Å². The first-order chi connectivity index (χ1) is 15.0. The predicted molar refractivity (Wildman–Crippen MR) is 121 cm³/mol. The molecule has 0 atom stereocenters. The van der Waals surface area contributed by atoms with Crippen molar-refractivity contribution in [2.75, 3.05) is 27.9 Å². The molecule has 0 saturated carbocycles. The fraction of sp³-hybridized carbons (Fsp3) is 0.174. The molecule has 7 nitrogen and oxygen atoms in total. The Morgan fingerprint density at radius 3 is 2.58 bits per heavy atom. The highest BCUT2D eigenvalue weighted by Crippen LogP contribution is 2.35. The van der Waals surface area contributed by atoms with Crippen LogP contribution in [0.2, 0.25) is 0 Å². The number of carbonyl (C=O) groups excluding carboxylic acids is 2. The fourth-order valence-corrected chi connectivity index (χ4v) is 3.70. The van der Waals surface area contributed by atoms with E-state index in [2.05, 4.69) is 15.6 Å². The average Bonchev–Trinajstić information content (AvgIpc) is 3.05. The molecule has 0 radical (unpaired) electrons. The Hall–Kier alpha value is -3.70. The molecule has 0 unspecified atom stereocenters. The van der Waals surface area contributed by atoms with Crippen molar-refractivity contribution >= 4 is 40.6 Å². The summed E-state index contributed by atoms with van der Waals surface area (Å²) in [5, 5.41) is 0.531. The van der Waals surface area contributed by atoms with Crippen LogP contribution in [0.25, 0.3) is 6.08 Å². The highest BCUT2D eigenvalue weighted by Gasteiger charge is 2.30. The van der Waals surface area contributed by atoms with Gasteiger partial charge in [-0.2, -0.15) is 0 Å². The minimum Gasteiger partial charge on any atom is -0.493 e. The minimum absolute atomic E-state index is 0.135. The van der Waals surface area contributed by atoms with Crippen LogP contribution in [-0.2, 0) is 9.53 Å². The number of terminal acetylenes is 1. The van der Waals surface area contributed by atoms with Gasteiger partial charge in [-0.1, -0.05) is 12.0 Å². The molecule has 2 aromatic rings. The molecule has 1 aliphatic heterocycles. The number of hydrogen-bond donors (Lipinski definition) is 0. The Labute approximate surface area is 184 Å². The highest BCUT2D eigenvalue weighted by molar-refractivity contribution is 8.18. The van der Waals surface area contributed by atoms with Crippen molar-refractivity contribution in [3.8, 4) is 23.8 Å². The molecule has 0 N–H and O–H groups in total. The third-order valence-corrected chi connectivity index (χ3v) is 5.37. The van der Waals surface area contributed by atoms with Gasteiger partial charge in [-0.25, -0.2) is 9.79 Å². The van der Waals surface area contributed by atoms with E-state index in [4.69, 9.17) is 15.9 Å². The summed E-state index contributed by atoms with van der Waals surface area (Å²) in [6.07, 6.45) is 6.99. The van der Waals surface area contributed by atoms with Gasteiger partial charge < -0.3 is 14.2 Å². The van der Waals surface area contributed by atoms with E-state index in [9.17, 15) is 9.59 Å². The number of aliphatic imine (C=N–C) groups is 1. The molecule has 158 valence electrons. The van der Waals surface area contributed by atoms with E-state index >= 15 is 0 Å². The summed E-state index contributed by atoms with van der Waals surface area (Å²) in [7, 11) is 4.53. The number of amidine groups is 1. The molecular formula is C23H20N2O5S. The van der Waals surface area contributed by atoms with Crippen LogP contribution in [-0.4, -0.2) is 49.8 Å². The van der Waals surface area contributed by atoms with Gasteiger partial charge in [0.15, 0.2) is 16.7 Å². The largest absolute Gasteiger partial charge is 0.493 e. The minimum atomic E-state index is -0.418. The van der Waals surface area contributed by atoms with Crippen LogP contribution in [0, 0.1) is 12.3 Å². The molecule has 1 heterocycles. The van der Waals surface area contributed by atoms with Gasteiger partial charge in [0.1, 0.15) is 6.61 Å². The molecule has 1 amide bonds. The molecule has 0 spiro atoms. The van der Waals surface area contributed by atoms with E-state index < -0.39 is 5.97 Å². The maximum atomic E-state index is 12.7. The quantitative estimate of drug-likeness (QED) is 0.390. The Bertz CT molecular complexity index is 1100. The topological polar surface area (TPSA) is 77.4 Å². The monoisotopic (exact) mass is 436 g/mol. The zero-order valence-electron chi connectivity index (χ0n) is 17.2. The van der Waals surface area contributed by atoms with Crippen molar-refractivity contribution in [3.63, 3.8) is 0 Å². The van der Waals surface area contributed by atoms with E-state index in [0.717, 1.165) is 5.56 Å². The molecule has 3 rings (SSSR count). The van der Waals surface area contributed by atoms with Gasteiger partial charge in [0.25, 0.3) is 5.91 Å². The van der Waals surface area contributed by atoms with Crippen LogP contribution in [0.15, 0.2) is 52.4 Å². The second-order valence-corrected chi connectivity index (χ2v) is 7.32. The number of carbonyl (C=O) groups is 2. The van der Waals surface area contributed by atoms with E-state index in [1.807, 2.05) is 6.07 Å². The highest BCUT2D eigenvalue weighted by atomic mass is 32.2. The standard InChI is InChI=1S/C23H20N2O5S/c1-5-12-30-18-11-6-15(13-19(18)28-3)14-20-21(26)25(2)23(31-20)24-17-9-7-16(8-10-17)22(27)29-4/h1,6-11,13-14H,12H2,2-4H3. The summed E-state index contributed by atoms with van der Waals surface area (Å²) >= 11 is 1.26. The lowest BCUT2D eigenvalue weighted by Gasteiger charge is -2.09. The summed E-state index contributed by atoms with van der Waals surface area (Å²) in [5.74, 6) is 2.88. The summed E-state index contributed by atoms with van der Waals surface area (Å²) < 4.78 is 15.5. The van der Waals surface area contributed by atoms with Crippen molar-refractivity contribution in [1.29, 1.82) is 0 Å². The van der Waals surface area contributed by atoms with E-state index in [1.54, 1.807) is 49.5 Å². The fourth-order valence-electron chi connectivity index (χ4n) is 2.72. The molecule has 2 aromatic carbocycles. The van der Waals surface area contributed by atoms with Crippen molar-refractivity contribution < 1.29 is 23.8 Å². The number of hydrogen-bond acceptors (Lipinski definition) is 7. The van der Waals surface area contributed by atoms with E-state index in [1.165, 1.54) is 30.9 Å². The first-order valence-electron chi connectivity index (χ1n) is 9.15. The molecular weight excluding hydrogens is 416 g/mol. The predicted octanol–water partition coefficient (Wildman–Crippen LogP) is 3.73. The summed E-state index contributed by atoms with van der Waals surface area (Å²) in [5.41, 5.74) is 1.82. The number of likely N-dealkylation sites (N-methyl/N-ethyl adjacent to an activating group) is 1. The van der Waals surface area contributed by atoms with Gasteiger partial charge in [0, 0.05) is 7.05 Å². The number of nitrogens with zero attached hydrogens (tertiary/aromatic N) is 2. The van der Waals surface area contributed by atoms with Gasteiger partial charge in [-0.05, 0) is 59.8 Å². The third kappa shape index (κ3) is 5.08. The number of methoxy groups -OCH3 is 2. The zero-order valence-corrected chi connectivity index (χ0v) is 18.1. The van der Waals surface area contributed by atoms with Gasteiger partial charge >= 0.3 is 5.97 Å². The summed E-state index contributed by atoms with van der Waals surface area (Å²) in [6, 6.07) is 12.0. The normalized spacial score (nSPS) is 15.8. The van der Waals surface area contributed by atoms with Crippen molar-refractivity contribution in [1.82, 2.24) is 4.90 Å². The Balaban J connectivity index is 1.82. The van der Waals surface area contributed by atoms with Crippen LogP contribution in [0.4, 0.5) is 5.69 Å². The van der Waals surface area contributed by atoms with Gasteiger partial charge in [0.05, 0.1) is 30.4 Å². The second kappa shape index (κ2) is 9.87. The molecule has 1 fully saturated rings. The van der Waals surface area contributed by atoms with Crippen molar-refractivity contribution in [3.05, 3.63) is 58.5 Å². The van der Waals surface area contributed by atoms with Crippen LogP contribution >= 0.6 is 11.8 Å². The smallest absolute Gasteiger partial charge is 0.337 e. The number of esters is 1. The third-order valence-electron chi connectivity index (χ3n) is 4.31. The van der Waals surface area contributed by atoms with E-state index in [0.29, 0.717) is 32.8 Å². The lowest BCUT2D eigenvalue weighted by molar-refractivity contribution is -0.121. The first kappa shape index (κ1) is 22.0. The zero-order chi connectivity index (χ0) is 22.4. The molecule has 0 bridgehead atoms. The Morgan fingerprint density at radius 2 is 1.94 bits per heavy atom. The number of amides is 1. The molecule has 1 saturated heterocycles. The molecule has 1 aliphatic rings. The second-order valence-electron chi connectivity index (χ2n) is 6.31. The summed E-state index contributed by atoms with van der Waals surface area (Å²) in [6.45, 7) is 0.135. The number of ether oxygens (including phenoxy) is 3. The first-order valence-corrected chi connectivity index (χ1v) is 9.97. The van der Waals surface area contributed by atoms with Crippen LogP contribution in [0.1, 0.15) is 15.9 Å². The van der Waals surface area contributed by atoms with Gasteiger partial charge in [0.2, 0.25) is 0 Å². The SMILES string of the molecule is C#CCOc1ccc(C=C2SC(=Nc3ccc(C(=O)OC)cc3)N(C)C2=O)cc1OC. The maximum absolute atomic E-state index is 12.7. The number of thioether (sulfide) groups is 1. The van der Waals surface area contributed by atoms with E-state index in [-0.39, 0.29) is 12.5 Å². The van der Waals surface area contributed by atoms with Crippen molar-refractivity contribution in [2.45, 2.75) is 0 Å². The van der Waals surface area contributed by atoms with Gasteiger partial charge in [-0.15, -0.1) is 6.42 Å². The lowest BCUT2D eigenvalue weighted by atomic mass is 10.2. The van der Waals surface area contributed by atoms with Crippen LogP contribution in [0.3, 0.4) is 0 Å². The molecule has 31 heavy (non-hydrogen) atoms. The Kier molecular flexibility index (Phi) is 7.00. The van der Waals surface area contributed by atoms with Gasteiger partial charge in [-0.3, -0.25) is 9.69 Å². The number of benzene rings is 2. The lowest BCUT2D eigenvalue weighted by Crippen LogP contribution is -2.23. The Morgan fingerprint density at radius 1 is 1.19 bits per heavy atom. The van der Waals surface area contributed by atoms with Crippen LogP contribution in [0.5, 0.6) is 11.5 Å².